The zero-order valence-corrected chi connectivity index (χ0v) is 18.0. The number of likely N-dealkylation sites (tertiary alicyclic amines) is 1. The van der Waals surface area contributed by atoms with Crippen molar-refractivity contribution in [3.63, 3.8) is 0 Å². The van der Waals surface area contributed by atoms with E-state index in [9.17, 15) is 4.79 Å². The van der Waals surface area contributed by atoms with Gasteiger partial charge in [0.25, 0.3) is 0 Å². The van der Waals surface area contributed by atoms with E-state index in [2.05, 4.69) is 36.1 Å². The minimum atomic E-state index is 0.200. The molecule has 0 atom stereocenters. The van der Waals surface area contributed by atoms with E-state index in [0.717, 1.165) is 55.2 Å². The molecule has 2 aromatic rings. The van der Waals surface area contributed by atoms with Crippen molar-refractivity contribution in [3.8, 4) is 11.5 Å². The highest BCUT2D eigenvalue weighted by Crippen LogP contribution is 2.29. The molecule has 0 spiro atoms. The Hall–Kier alpha value is -2.53. The Morgan fingerprint density at radius 3 is 2.48 bits per heavy atom. The van der Waals surface area contributed by atoms with Crippen LogP contribution in [0, 0.1) is 6.92 Å². The maximum atomic E-state index is 12.7. The number of hydrogen-bond donors (Lipinski definition) is 0. The van der Waals surface area contributed by atoms with Crippen molar-refractivity contribution >= 4 is 11.6 Å². The van der Waals surface area contributed by atoms with Gasteiger partial charge in [0.05, 0.1) is 14.2 Å². The number of carbonyl (C=O) groups excluding carboxylic acids is 1. The average Bonchev–Trinajstić information content (AvgIpc) is 2.75. The average molecular weight is 397 g/mol. The van der Waals surface area contributed by atoms with Crippen molar-refractivity contribution < 1.29 is 14.3 Å². The highest BCUT2D eigenvalue weighted by molar-refractivity contribution is 5.93. The molecule has 1 aliphatic rings. The molecule has 0 unspecified atom stereocenters. The van der Waals surface area contributed by atoms with Gasteiger partial charge in [0.15, 0.2) is 0 Å². The van der Waals surface area contributed by atoms with Crippen LogP contribution in [0.2, 0.25) is 0 Å². The summed E-state index contributed by atoms with van der Waals surface area (Å²) in [6, 6.07) is 14.5. The number of benzene rings is 2. The first-order valence-electron chi connectivity index (χ1n) is 10.4. The van der Waals surface area contributed by atoms with Crippen LogP contribution < -0.4 is 14.4 Å². The van der Waals surface area contributed by atoms with Gasteiger partial charge in [-0.3, -0.25) is 9.69 Å². The summed E-state index contributed by atoms with van der Waals surface area (Å²) >= 11 is 0. The monoisotopic (exact) mass is 396 g/mol. The standard InChI is InChI=1S/C24H32N2O3/c1-5-24(27)26(21-8-6-7-18(2)15-21)20-11-13-25(14-12-20)17-19-9-10-22(28-3)16-23(19)29-4/h6-10,15-16,20H,5,11-14,17H2,1-4H3. The molecule has 29 heavy (non-hydrogen) atoms. The molecular formula is C24H32N2O3. The van der Waals surface area contributed by atoms with E-state index in [-0.39, 0.29) is 11.9 Å². The fourth-order valence-electron chi connectivity index (χ4n) is 4.07. The molecule has 1 saturated heterocycles. The van der Waals surface area contributed by atoms with E-state index in [0.29, 0.717) is 6.42 Å². The smallest absolute Gasteiger partial charge is 0.226 e. The van der Waals surface area contributed by atoms with Gasteiger partial charge < -0.3 is 14.4 Å². The van der Waals surface area contributed by atoms with E-state index in [1.54, 1.807) is 14.2 Å². The van der Waals surface area contributed by atoms with E-state index < -0.39 is 0 Å². The Labute approximate surface area is 174 Å². The summed E-state index contributed by atoms with van der Waals surface area (Å²) in [5.41, 5.74) is 3.36. The van der Waals surface area contributed by atoms with E-state index in [4.69, 9.17) is 9.47 Å². The molecule has 0 saturated carbocycles. The molecule has 0 aliphatic carbocycles. The van der Waals surface area contributed by atoms with Crippen molar-refractivity contribution in [3.05, 3.63) is 53.6 Å². The van der Waals surface area contributed by atoms with Gasteiger partial charge in [-0.05, 0) is 43.5 Å². The molecule has 156 valence electrons. The Balaban J connectivity index is 1.68. The van der Waals surface area contributed by atoms with E-state index >= 15 is 0 Å². The van der Waals surface area contributed by atoms with Gasteiger partial charge in [0.1, 0.15) is 11.5 Å². The lowest BCUT2D eigenvalue weighted by Crippen LogP contribution is -2.47. The predicted molar refractivity (Wildman–Crippen MR) is 117 cm³/mol. The van der Waals surface area contributed by atoms with Gasteiger partial charge in [0.2, 0.25) is 5.91 Å². The van der Waals surface area contributed by atoms with Gasteiger partial charge in [0, 0.05) is 49.4 Å². The van der Waals surface area contributed by atoms with Crippen LogP contribution in [0.5, 0.6) is 11.5 Å². The lowest BCUT2D eigenvalue weighted by Gasteiger charge is -2.39. The van der Waals surface area contributed by atoms with Crippen LogP contribution in [0.4, 0.5) is 5.69 Å². The molecular weight excluding hydrogens is 364 g/mol. The number of rotatable bonds is 7. The van der Waals surface area contributed by atoms with Crippen LogP contribution in [0.1, 0.15) is 37.3 Å². The number of ether oxygens (including phenoxy) is 2. The maximum Gasteiger partial charge on any atom is 0.226 e. The normalized spacial score (nSPS) is 15.2. The Bertz CT molecular complexity index is 829. The summed E-state index contributed by atoms with van der Waals surface area (Å²) in [6.07, 6.45) is 2.47. The number of methoxy groups -OCH3 is 2. The molecule has 1 heterocycles. The van der Waals surface area contributed by atoms with Crippen LogP contribution in [0.3, 0.4) is 0 Å². The molecule has 1 fully saturated rings. The third kappa shape index (κ3) is 5.10. The lowest BCUT2D eigenvalue weighted by atomic mass is 10.0. The second-order valence-corrected chi connectivity index (χ2v) is 7.64. The van der Waals surface area contributed by atoms with Crippen LogP contribution in [-0.4, -0.2) is 44.2 Å². The quantitative estimate of drug-likeness (QED) is 0.695. The zero-order valence-electron chi connectivity index (χ0n) is 18.0. The summed E-state index contributed by atoms with van der Waals surface area (Å²) in [5, 5.41) is 0. The molecule has 1 amide bonds. The number of carbonyl (C=O) groups is 1. The van der Waals surface area contributed by atoms with Gasteiger partial charge in [-0.15, -0.1) is 0 Å². The Morgan fingerprint density at radius 2 is 1.86 bits per heavy atom. The van der Waals surface area contributed by atoms with Gasteiger partial charge in [-0.2, -0.15) is 0 Å². The third-order valence-corrected chi connectivity index (χ3v) is 5.66. The summed E-state index contributed by atoms with van der Waals surface area (Å²) in [4.78, 5) is 17.2. The van der Waals surface area contributed by atoms with Crippen molar-refractivity contribution in [2.45, 2.75) is 45.7 Å². The van der Waals surface area contributed by atoms with Crippen LogP contribution in [0.25, 0.3) is 0 Å². The summed E-state index contributed by atoms with van der Waals surface area (Å²) in [5.74, 6) is 1.86. The highest BCUT2D eigenvalue weighted by atomic mass is 16.5. The molecule has 5 nitrogen and oxygen atoms in total. The first-order valence-corrected chi connectivity index (χ1v) is 10.4. The summed E-state index contributed by atoms with van der Waals surface area (Å²) in [7, 11) is 3.36. The minimum Gasteiger partial charge on any atom is -0.497 e. The second-order valence-electron chi connectivity index (χ2n) is 7.64. The van der Waals surface area contributed by atoms with Crippen molar-refractivity contribution in [1.29, 1.82) is 0 Å². The van der Waals surface area contributed by atoms with Crippen molar-refractivity contribution in [1.82, 2.24) is 4.90 Å². The van der Waals surface area contributed by atoms with Gasteiger partial charge in [-0.25, -0.2) is 0 Å². The first kappa shape index (κ1) is 21.2. The van der Waals surface area contributed by atoms with Crippen molar-refractivity contribution in [2.24, 2.45) is 0 Å². The molecule has 3 rings (SSSR count). The van der Waals surface area contributed by atoms with E-state index in [1.165, 1.54) is 5.56 Å². The molecule has 1 aliphatic heterocycles. The third-order valence-electron chi connectivity index (χ3n) is 5.66. The molecule has 0 bridgehead atoms. The fraction of sp³-hybridized carbons (Fsp3) is 0.458. The number of amides is 1. The number of hydrogen-bond acceptors (Lipinski definition) is 4. The largest absolute Gasteiger partial charge is 0.497 e. The Kier molecular flexibility index (Phi) is 7.15. The first-order chi connectivity index (χ1) is 14.0. The minimum absolute atomic E-state index is 0.200. The molecule has 0 aromatic heterocycles. The molecule has 0 N–H and O–H groups in total. The fourth-order valence-corrected chi connectivity index (χ4v) is 4.07. The van der Waals surface area contributed by atoms with Crippen molar-refractivity contribution in [2.75, 3.05) is 32.2 Å². The highest BCUT2D eigenvalue weighted by Gasteiger charge is 2.28. The van der Waals surface area contributed by atoms with E-state index in [1.807, 2.05) is 30.0 Å². The number of aryl methyl sites for hydroxylation is 1. The molecule has 2 aromatic carbocycles. The molecule has 5 heteroatoms. The second kappa shape index (κ2) is 9.79. The van der Waals surface area contributed by atoms with Gasteiger partial charge >= 0.3 is 0 Å². The number of piperidine rings is 1. The number of nitrogens with zero attached hydrogens (tertiary/aromatic N) is 2. The van der Waals surface area contributed by atoms with Gasteiger partial charge in [-0.1, -0.05) is 25.1 Å². The topological polar surface area (TPSA) is 42.0 Å². The van der Waals surface area contributed by atoms with Crippen LogP contribution >= 0.6 is 0 Å². The SMILES string of the molecule is CCC(=O)N(c1cccc(C)c1)C1CCN(Cc2ccc(OC)cc2OC)CC1. The maximum absolute atomic E-state index is 12.7. The molecule has 0 radical (unpaired) electrons. The zero-order chi connectivity index (χ0) is 20.8. The predicted octanol–water partition coefficient (Wildman–Crippen LogP) is 4.42. The van der Waals surface area contributed by atoms with Crippen LogP contribution in [0.15, 0.2) is 42.5 Å². The summed E-state index contributed by atoms with van der Waals surface area (Å²) < 4.78 is 10.8. The number of anilines is 1. The van der Waals surface area contributed by atoms with Crippen LogP contribution in [-0.2, 0) is 11.3 Å². The lowest BCUT2D eigenvalue weighted by molar-refractivity contribution is -0.119. The summed E-state index contributed by atoms with van der Waals surface area (Å²) in [6.45, 7) is 6.77. The Morgan fingerprint density at radius 1 is 1.10 bits per heavy atom.